The van der Waals surface area contributed by atoms with Crippen molar-refractivity contribution in [3.63, 3.8) is 0 Å². The van der Waals surface area contributed by atoms with Crippen LogP contribution in [0.2, 0.25) is 0 Å². The molecule has 74 heavy (non-hydrogen) atoms. The van der Waals surface area contributed by atoms with E-state index in [2.05, 4.69) is 20.6 Å². The number of cyclic esters (lactones) is 1. The Balaban J connectivity index is 1.41. The van der Waals surface area contributed by atoms with E-state index in [0.717, 1.165) is 11.1 Å². The number of aliphatic hydroxyl groups excluding tert-OH is 3. The van der Waals surface area contributed by atoms with Crippen LogP contribution in [-0.2, 0) is 42.7 Å². The summed E-state index contributed by atoms with van der Waals surface area (Å²) in [5.41, 5.74) is -1.87. The fraction of sp³-hybridized carbons (Fsp3) is 0.755. The number of aromatic nitrogens is 2. The number of hydrogen-bond donors (Lipinski definition) is 7. The zero-order chi connectivity index (χ0) is 55.2. The number of nitrogens with zero attached hydrogens (tertiary/aromatic N) is 3. The molecule has 1 unspecified atom stereocenters. The van der Waals surface area contributed by atoms with Crippen LogP contribution in [0.3, 0.4) is 0 Å². The fourth-order valence-electron chi connectivity index (χ4n) is 11.4. The summed E-state index contributed by atoms with van der Waals surface area (Å²) in [7, 11) is 8.02. The minimum Gasteiger partial charge on any atom is -0.448 e. The number of amides is 1. The molecule has 3 saturated heterocycles. The highest BCUT2D eigenvalue weighted by molar-refractivity contribution is 14.1. The molecule has 0 spiro atoms. The molecule has 5 rings (SSSR count). The van der Waals surface area contributed by atoms with Gasteiger partial charge in [0.05, 0.1) is 53.7 Å². The molecule has 4 heterocycles. The van der Waals surface area contributed by atoms with E-state index in [1.54, 1.807) is 76.8 Å². The highest BCUT2D eigenvalue weighted by atomic mass is 127. The van der Waals surface area contributed by atoms with E-state index >= 15 is 0 Å². The Bertz CT molecular complexity index is 2150. The summed E-state index contributed by atoms with van der Waals surface area (Å²) in [5.74, 6) is -4.41. The Morgan fingerprint density at radius 2 is 1.57 bits per heavy atom. The number of benzene rings is 1. The number of alkyl halides is 2. The largest absolute Gasteiger partial charge is 0.448 e. The van der Waals surface area contributed by atoms with Gasteiger partial charge < -0.3 is 74.5 Å². The highest BCUT2D eigenvalue weighted by Crippen LogP contribution is 2.46. The number of nitrogens with one attached hydrogen (secondary N) is 3. The minimum absolute atomic E-state index is 0.0363. The lowest BCUT2D eigenvalue weighted by molar-refractivity contribution is -0.304. The first-order valence-corrected chi connectivity index (χ1v) is 26.9. The average molecular weight is 1160 g/mol. The molecule has 7 N–H and O–H groups in total. The third kappa shape index (κ3) is 13.8. The normalized spacial score (nSPS) is 38.6. The molecule has 0 saturated carbocycles. The first-order chi connectivity index (χ1) is 34.7. The van der Waals surface area contributed by atoms with Crippen LogP contribution in [0.5, 0.6) is 0 Å². The predicted octanol–water partition coefficient (Wildman–Crippen LogP) is 5.25. The number of halogens is 2. The Labute approximate surface area is 450 Å². The van der Waals surface area contributed by atoms with Gasteiger partial charge in [-0.3, -0.25) is 9.59 Å². The molecule has 1 amide bonds. The molecule has 20 atom stereocenters. The minimum atomic E-state index is -1.95. The average Bonchev–Trinajstić information content (AvgIpc) is 3.38. The number of carbonyl (C=O) groups excluding carboxylic acids is 2. The maximum Gasteiger partial charge on any atom is 0.310 e. The van der Waals surface area contributed by atoms with Crippen molar-refractivity contribution in [1.82, 2.24) is 20.2 Å². The van der Waals surface area contributed by atoms with E-state index in [1.165, 1.54) is 28.3 Å². The lowest BCUT2D eigenvalue weighted by Crippen LogP contribution is -2.62. The summed E-state index contributed by atoms with van der Waals surface area (Å²) >= 11 is 1.80. The van der Waals surface area contributed by atoms with Gasteiger partial charge in [-0.15, -0.1) is 0 Å². The molecule has 0 aliphatic carbocycles. The van der Waals surface area contributed by atoms with Gasteiger partial charge in [-0.25, -0.2) is 14.4 Å². The van der Waals surface area contributed by atoms with E-state index < -0.39 is 136 Å². The van der Waals surface area contributed by atoms with Crippen molar-refractivity contribution in [1.29, 1.82) is 5.41 Å². The van der Waals surface area contributed by atoms with Crippen LogP contribution in [0.1, 0.15) is 99.7 Å². The molecule has 418 valence electrons. The lowest BCUT2D eigenvalue weighted by atomic mass is 9.68. The number of likely N-dealkylation sites (N-methyl/N-ethyl adjacent to an activating group) is 1. The molecule has 1 aromatic heterocycles. The number of anilines is 1. The van der Waals surface area contributed by atoms with Crippen LogP contribution in [0.15, 0.2) is 36.7 Å². The van der Waals surface area contributed by atoms with Gasteiger partial charge in [-0.05, 0) is 100 Å². The molecule has 0 radical (unpaired) electrons. The summed E-state index contributed by atoms with van der Waals surface area (Å²) in [6, 6.07) is 5.77. The van der Waals surface area contributed by atoms with Crippen LogP contribution < -0.4 is 10.6 Å². The number of hydrogen-bond acceptors (Lipinski definition) is 18. The molecule has 3 fully saturated rings. The second-order valence-corrected chi connectivity index (χ2v) is 22.7. The third-order valence-corrected chi connectivity index (χ3v) is 17.8. The van der Waals surface area contributed by atoms with Gasteiger partial charge in [0.1, 0.15) is 30.6 Å². The van der Waals surface area contributed by atoms with E-state index in [9.17, 15) is 39.8 Å². The van der Waals surface area contributed by atoms with Gasteiger partial charge in [0, 0.05) is 89.3 Å². The fourth-order valence-corrected chi connectivity index (χ4v) is 12.0. The van der Waals surface area contributed by atoms with E-state index in [4.69, 9.17) is 33.2 Å². The zero-order valence-electron chi connectivity index (χ0n) is 45.6. The van der Waals surface area contributed by atoms with Crippen molar-refractivity contribution in [3.05, 3.63) is 42.2 Å². The summed E-state index contributed by atoms with van der Waals surface area (Å²) in [4.78, 5) is 38.5. The number of methoxy groups -OCH3 is 3. The molecule has 21 heteroatoms. The molecule has 0 bridgehead atoms. The molecule has 19 nitrogen and oxygen atoms in total. The van der Waals surface area contributed by atoms with E-state index in [-0.39, 0.29) is 31.5 Å². The van der Waals surface area contributed by atoms with Gasteiger partial charge in [-0.2, -0.15) is 0 Å². The first-order valence-electron chi connectivity index (χ1n) is 25.7. The third-order valence-electron chi connectivity index (χ3n) is 16.3. The van der Waals surface area contributed by atoms with Crippen molar-refractivity contribution in [3.8, 4) is 11.1 Å². The second kappa shape index (κ2) is 26.1. The topological polar surface area (TPSA) is 257 Å². The summed E-state index contributed by atoms with van der Waals surface area (Å²) in [6.45, 7) is 15.0. The van der Waals surface area contributed by atoms with Crippen molar-refractivity contribution < 1.29 is 67.6 Å². The predicted molar refractivity (Wildman–Crippen MR) is 284 cm³/mol. The number of carbonyl (C=O) groups is 2. The van der Waals surface area contributed by atoms with Crippen molar-refractivity contribution >= 4 is 46.1 Å². The number of ether oxygens (including phenoxy) is 7. The Morgan fingerprint density at radius 1 is 0.946 bits per heavy atom. The maximum absolute atomic E-state index is 14.7. The van der Waals surface area contributed by atoms with Crippen molar-refractivity contribution in [2.45, 2.75) is 176 Å². The van der Waals surface area contributed by atoms with Crippen molar-refractivity contribution in [2.24, 2.45) is 29.6 Å². The SMILES string of the molecule is CNc1ncc(-c2ccc([C@@H](OC)[C@@H](CF)NC(=O)CCN(C)[C@H]3C[C@@H](C)O[C@@H](O[C@@H]4[C@@H](C)C([C@H]5C[C@@](C)(OC)[C@@H](O)[C@H](C)O5)[C@@H](C)C(=O)O[C@H](I)[C@@](C)(O)[C@H](O)[C@@H](C)C(=N)[C@H](C)C[C@@]4(C)OC)[C@@H]3O)cc2)cn1. The summed E-state index contributed by atoms with van der Waals surface area (Å²) < 4.78 is 57.7. The molecular formula is C53H84FIN6O13. The summed E-state index contributed by atoms with van der Waals surface area (Å²) in [6.07, 6.45) is -4.69. The number of aliphatic hydroxyl groups is 4. The quantitative estimate of drug-likeness (QED) is 0.0644. The van der Waals surface area contributed by atoms with Gasteiger partial charge in [0.15, 0.2) is 10.4 Å². The Morgan fingerprint density at radius 3 is 2.14 bits per heavy atom. The van der Waals surface area contributed by atoms with Crippen LogP contribution in [0.4, 0.5) is 10.3 Å². The van der Waals surface area contributed by atoms with Crippen LogP contribution in [0, 0.1) is 35.0 Å². The van der Waals surface area contributed by atoms with Crippen LogP contribution in [-0.4, -0.2) is 184 Å². The number of rotatable bonds is 16. The molecule has 1 aromatic carbocycles. The monoisotopic (exact) mass is 1160 g/mol. The summed E-state index contributed by atoms with van der Waals surface area (Å²) in [5, 5.41) is 61.9. The van der Waals surface area contributed by atoms with Gasteiger partial charge in [0.2, 0.25) is 11.9 Å². The Hall–Kier alpha value is -3.07. The first kappa shape index (κ1) is 61.8. The highest BCUT2D eigenvalue weighted by Gasteiger charge is 2.56. The number of esters is 1. The van der Waals surface area contributed by atoms with Crippen molar-refractivity contribution in [2.75, 3.05) is 54.0 Å². The second-order valence-electron chi connectivity index (χ2n) is 21.6. The molecule has 3 aliphatic heterocycles. The smallest absolute Gasteiger partial charge is 0.310 e. The van der Waals surface area contributed by atoms with Gasteiger partial charge in [-0.1, -0.05) is 52.0 Å². The zero-order valence-corrected chi connectivity index (χ0v) is 47.7. The molecular weight excluding hydrogens is 1070 g/mol. The van der Waals surface area contributed by atoms with Crippen LogP contribution >= 0.6 is 22.6 Å². The van der Waals surface area contributed by atoms with E-state index in [1.807, 2.05) is 56.9 Å². The van der Waals surface area contributed by atoms with Gasteiger partial charge in [0.25, 0.3) is 0 Å². The molecule has 3 aliphatic rings. The van der Waals surface area contributed by atoms with Gasteiger partial charge >= 0.3 is 5.97 Å². The molecule has 2 aromatic rings. The van der Waals surface area contributed by atoms with E-state index in [0.29, 0.717) is 17.9 Å². The maximum atomic E-state index is 14.7. The standard InChI is InChI=1S/C53H84FIN6O13/c1-27-22-52(8,70-14)46(29(3)40(38-23-51(7,69-13)45(65)32(6)72-38)30(4)47(66)74-49(55)53(9,67)44(64)31(5)41(27)56)73-48-42(63)37(21-28(2)71-48)61(11)20-19-39(62)60-36(24-54)43(68-12)34-17-15-33(16-18-34)35-25-58-50(57-10)59-26-35/h15-18,25-32,36-38,40,42-46,48-49,56,63-65,67H,19-24H2,1-14H3,(H,60,62)(H,57,58,59)/t27-,28-,29+,30-,31+,32+,36-,37+,38-,40?,42-,43-,44-,45+,46-,48+,49+,51-,52-,53+/m1/s1. The van der Waals surface area contributed by atoms with Crippen LogP contribution in [0.25, 0.3) is 11.1 Å². The Kier molecular flexibility index (Phi) is 21.8. The lowest BCUT2D eigenvalue weighted by Gasteiger charge is -2.52.